The Morgan fingerprint density at radius 3 is 2.62 bits per heavy atom. The summed E-state index contributed by atoms with van der Waals surface area (Å²) in [5, 5.41) is 13.8. The fourth-order valence-electron chi connectivity index (χ4n) is 2.36. The van der Waals surface area contributed by atoms with Crippen LogP contribution < -0.4 is 5.32 Å². The van der Waals surface area contributed by atoms with Gasteiger partial charge < -0.3 is 9.47 Å². The predicted molar refractivity (Wildman–Crippen MR) is 89.0 cm³/mol. The lowest BCUT2D eigenvalue weighted by Gasteiger charge is -2.26. The first kappa shape index (κ1) is 18.2. The van der Waals surface area contributed by atoms with Gasteiger partial charge in [0.2, 0.25) is 0 Å². The van der Waals surface area contributed by atoms with Crippen molar-refractivity contribution < 1.29 is 19.2 Å². The van der Waals surface area contributed by atoms with Gasteiger partial charge in [-0.05, 0) is 32.4 Å². The number of amides is 1. The van der Waals surface area contributed by atoms with Crippen molar-refractivity contribution in [3.8, 4) is 0 Å². The molecule has 8 heteroatoms. The number of benzene rings is 1. The molecule has 1 fully saturated rings. The molecule has 0 radical (unpaired) electrons. The molecule has 0 spiro atoms. The highest BCUT2D eigenvalue weighted by molar-refractivity contribution is 5.88. The lowest BCUT2D eigenvalue weighted by Crippen LogP contribution is -2.35. The summed E-state index contributed by atoms with van der Waals surface area (Å²) < 4.78 is 10.4. The summed E-state index contributed by atoms with van der Waals surface area (Å²) in [6.45, 7) is 8.72. The van der Waals surface area contributed by atoms with Crippen molar-refractivity contribution in [3.63, 3.8) is 0 Å². The van der Waals surface area contributed by atoms with Gasteiger partial charge in [-0.15, -0.1) is 0 Å². The van der Waals surface area contributed by atoms with Gasteiger partial charge in [0, 0.05) is 25.7 Å². The van der Waals surface area contributed by atoms with Gasteiger partial charge in [-0.2, -0.15) is 0 Å². The number of carbonyl (C=O) groups is 1. The third-order valence-electron chi connectivity index (χ3n) is 3.40. The molecule has 132 valence electrons. The van der Waals surface area contributed by atoms with E-state index in [4.69, 9.17) is 9.47 Å². The molecule has 2 rings (SSSR count). The molecule has 1 heterocycles. The highest BCUT2D eigenvalue weighted by Gasteiger charge is 2.21. The van der Waals surface area contributed by atoms with E-state index < -0.39 is 16.6 Å². The molecule has 1 aliphatic rings. The second-order valence-electron chi connectivity index (χ2n) is 6.62. The SMILES string of the molecule is CC(C)(C)OC(=O)Nc1ccc(CN2CCOCC2)cc1[N+](=O)[O-]. The van der Waals surface area contributed by atoms with Crippen LogP contribution >= 0.6 is 0 Å². The highest BCUT2D eigenvalue weighted by Crippen LogP contribution is 2.27. The van der Waals surface area contributed by atoms with Gasteiger partial charge in [-0.25, -0.2) is 4.79 Å². The minimum Gasteiger partial charge on any atom is -0.444 e. The van der Waals surface area contributed by atoms with Crippen LogP contribution in [-0.2, 0) is 16.0 Å². The number of nitro groups is 1. The number of anilines is 1. The number of carbonyl (C=O) groups excluding carboxylic acids is 1. The molecular formula is C16H23N3O5. The topological polar surface area (TPSA) is 93.9 Å². The fraction of sp³-hybridized carbons (Fsp3) is 0.562. The molecule has 0 bridgehead atoms. The standard InChI is InChI=1S/C16H23N3O5/c1-16(2,3)24-15(20)17-13-5-4-12(10-14(13)19(21)22)11-18-6-8-23-9-7-18/h4-5,10H,6-9,11H2,1-3H3,(H,17,20). The van der Waals surface area contributed by atoms with Gasteiger partial charge in [0.05, 0.1) is 18.1 Å². The van der Waals surface area contributed by atoms with Crippen molar-refractivity contribution in [1.29, 1.82) is 0 Å². The van der Waals surface area contributed by atoms with Crippen LogP contribution in [0, 0.1) is 10.1 Å². The lowest BCUT2D eigenvalue weighted by atomic mass is 10.1. The second kappa shape index (κ2) is 7.59. The van der Waals surface area contributed by atoms with Crippen LogP contribution in [0.2, 0.25) is 0 Å². The maximum Gasteiger partial charge on any atom is 0.412 e. The minimum absolute atomic E-state index is 0.125. The Morgan fingerprint density at radius 2 is 2.04 bits per heavy atom. The zero-order valence-electron chi connectivity index (χ0n) is 14.2. The summed E-state index contributed by atoms with van der Waals surface area (Å²) in [4.78, 5) is 24.8. The number of rotatable bonds is 4. The molecule has 1 saturated heterocycles. The normalized spacial score (nSPS) is 15.8. The van der Waals surface area contributed by atoms with E-state index in [1.807, 2.05) is 0 Å². The molecule has 0 atom stereocenters. The molecule has 8 nitrogen and oxygen atoms in total. The van der Waals surface area contributed by atoms with Crippen LogP contribution in [0.4, 0.5) is 16.2 Å². The first-order valence-corrected chi connectivity index (χ1v) is 7.82. The summed E-state index contributed by atoms with van der Waals surface area (Å²) in [7, 11) is 0. The molecule has 1 aliphatic heterocycles. The Labute approximate surface area is 140 Å². The number of nitro benzene ring substituents is 1. The Kier molecular flexibility index (Phi) is 5.74. The first-order valence-electron chi connectivity index (χ1n) is 7.82. The Hall–Kier alpha value is -2.19. The number of nitrogens with one attached hydrogen (secondary N) is 1. The fourth-order valence-corrected chi connectivity index (χ4v) is 2.36. The average molecular weight is 337 g/mol. The van der Waals surface area contributed by atoms with Crippen LogP contribution in [0.15, 0.2) is 18.2 Å². The zero-order valence-corrected chi connectivity index (χ0v) is 14.2. The maximum atomic E-state index is 11.8. The molecule has 0 aliphatic carbocycles. The van der Waals surface area contributed by atoms with Gasteiger partial charge in [0.25, 0.3) is 5.69 Å². The molecule has 1 amide bonds. The molecule has 1 aromatic rings. The Balaban J connectivity index is 2.11. The largest absolute Gasteiger partial charge is 0.444 e. The summed E-state index contributed by atoms with van der Waals surface area (Å²) in [6.07, 6.45) is -0.716. The highest BCUT2D eigenvalue weighted by atomic mass is 16.6. The molecule has 0 saturated carbocycles. The Morgan fingerprint density at radius 1 is 1.38 bits per heavy atom. The van der Waals surface area contributed by atoms with Crippen molar-refractivity contribution in [1.82, 2.24) is 4.90 Å². The van der Waals surface area contributed by atoms with Crippen LogP contribution in [0.5, 0.6) is 0 Å². The smallest absolute Gasteiger partial charge is 0.412 e. The quantitative estimate of drug-likeness (QED) is 0.670. The third-order valence-corrected chi connectivity index (χ3v) is 3.40. The van der Waals surface area contributed by atoms with Gasteiger partial charge >= 0.3 is 6.09 Å². The van der Waals surface area contributed by atoms with Crippen molar-refractivity contribution in [3.05, 3.63) is 33.9 Å². The van der Waals surface area contributed by atoms with E-state index in [1.165, 1.54) is 12.1 Å². The van der Waals surface area contributed by atoms with E-state index in [9.17, 15) is 14.9 Å². The summed E-state index contributed by atoms with van der Waals surface area (Å²) >= 11 is 0. The van der Waals surface area contributed by atoms with Gasteiger partial charge in [-0.1, -0.05) is 6.07 Å². The summed E-state index contributed by atoms with van der Waals surface area (Å²) in [6, 6.07) is 4.80. The Bertz CT molecular complexity index is 606. The van der Waals surface area contributed by atoms with E-state index in [-0.39, 0.29) is 11.4 Å². The zero-order chi connectivity index (χ0) is 17.7. The van der Waals surface area contributed by atoms with Crippen LogP contribution in [0.3, 0.4) is 0 Å². The van der Waals surface area contributed by atoms with E-state index in [0.717, 1.165) is 18.7 Å². The average Bonchev–Trinajstić information content (AvgIpc) is 2.47. The first-order chi connectivity index (χ1) is 11.2. The number of ether oxygens (including phenoxy) is 2. The maximum absolute atomic E-state index is 11.8. The minimum atomic E-state index is -0.716. The van der Waals surface area contributed by atoms with Gasteiger partial charge in [-0.3, -0.25) is 20.3 Å². The molecule has 1 aromatic carbocycles. The molecule has 1 N–H and O–H groups in total. The van der Waals surface area contributed by atoms with E-state index in [2.05, 4.69) is 10.2 Å². The molecule has 0 aromatic heterocycles. The van der Waals surface area contributed by atoms with E-state index >= 15 is 0 Å². The van der Waals surface area contributed by atoms with Crippen molar-refractivity contribution in [2.24, 2.45) is 0 Å². The number of hydrogen-bond acceptors (Lipinski definition) is 6. The second-order valence-corrected chi connectivity index (χ2v) is 6.62. The van der Waals surface area contributed by atoms with E-state index in [1.54, 1.807) is 26.8 Å². The molecular weight excluding hydrogens is 314 g/mol. The lowest BCUT2D eigenvalue weighted by molar-refractivity contribution is -0.384. The van der Waals surface area contributed by atoms with Crippen molar-refractivity contribution >= 4 is 17.5 Å². The molecule has 0 unspecified atom stereocenters. The van der Waals surface area contributed by atoms with Gasteiger partial charge in [0.1, 0.15) is 11.3 Å². The van der Waals surface area contributed by atoms with E-state index in [0.29, 0.717) is 19.8 Å². The van der Waals surface area contributed by atoms with Crippen LogP contribution in [-0.4, -0.2) is 47.8 Å². The predicted octanol–water partition coefficient (Wildman–Crippen LogP) is 2.77. The summed E-state index contributed by atoms with van der Waals surface area (Å²) in [5.41, 5.74) is 0.125. The number of hydrogen-bond donors (Lipinski definition) is 1. The van der Waals surface area contributed by atoms with Crippen LogP contribution in [0.25, 0.3) is 0 Å². The van der Waals surface area contributed by atoms with Crippen molar-refractivity contribution in [2.45, 2.75) is 32.9 Å². The number of morpholine rings is 1. The summed E-state index contributed by atoms with van der Waals surface area (Å²) in [5.74, 6) is 0. The molecule has 24 heavy (non-hydrogen) atoms. The number of nitrogens with zero attached hydrogens (tertiary/aromatic N) is 2. The van der Waals surface area contributed by atoms with Crippen LogP contribution in [0.1, 0.15) is 26.3 Å². The monoisotopic (exact) mass is 337 g/mol. The van der Waals surface area contributed by atoms with Gasteiger partial charge in [0.15, 0.2) is 0 Å². The third kappa shape index (κ3) is 5.47. The van der Waals surface area contributed by atoms with Crippen molar-refractivity contribution in [2.75, 3.05) is 31.6 Å².